The predicted molar refractivity (Wildman–Crippen MR) is 65.8 cm³/mol. The largest absolute Gasteiger partial charge is 0.340 e. The highest BCUT2D eigenvalue weighted by Gasteiger charge is 2.48. The molecule has 2 fully saturated rings. The predicted octanol–water partition coefficient (Wildman–Crippen LogP) is -0.414. The molecule has 0 unspecified atom stereocenters. The van der Waals surface area contributed by atoms with E-state index in [-0.39, 0.29) is 18.4 Å². The molecule has 0 bridgehead atoms. The molecule has 2 aliphatic rings. The molecular formula is C12H17N5O2. The van der Waals surface area contributed by atoms with Crippen molar-refractivity contribution >= 4 is 11.8 Å². The van der Waals surface area contributed by atoms with Crippen molar-refractivity contribution in [2.75, 3.05) is 6.54 Å². The molecule has 1 aliphatic heterocycles. The van der Waals surface area contributed by atoms with Gasteiger partial charge in [0.1, 0.15) is 17.8 Å². The number of carbonyl (C=O) groups is 2. The number of rotatable bonds is 2. The molecule has 0 radical (unpaired) electrons. The van der Waals surface area contributed by atoms with Crippen molar-refractivity contribution in [3.63, 3.8) is 0 Å². The van der Waals surface area contributed by atoms with Gasteiger partial charge >= 0.3 is 0 Å². The summed E-state index contributed by atoms with van der Waals surface area (Å²) >= 11 is 0. The van der Waals surface area contributed by atoms with Crippen LogP contribution in [0.1, 0.15) is 31.4 Å². The first-order chi connectivity index (χ1) is 9.09. The fourth-order valence-corrected chi connectivity index (χ4v) is 3.02. The van der Waals surface area contributed by atoms with Gasteiger partial charge in [-0.3, -0.25) is 14.3 Å². The van der Waals surface area contributed by atoms with Crippen molar-refractivity contribution in [3.05, 3.63) is 11.9 Å². The molecule has 1 N–H and O–H groups in total. The summed E-state index contributed by atoms with van der Waals surface area (Å²) in [6, 6.07) is 0. The topological polar surface area (TPSA) is 80.1 Å². The maximum absolute atomic E-state index is 12.6. The second-order valence-electron chi connectivity index (χ2n) is 5.38. The van der Waals surface area contributed by atoms with Gasteiger partial charge in [-0.05, 0) is 12.8 Å². The van der Waals surface area contributed by atoms with Crippen molar-refractivity contribution in [2.45, 2.75) is 37.8 Å². The molecule has 2 amide bonds. The summed E-state index contributed by atoms with van der Waals surface area (Å²) in [5.74, 6) is -0.0550. The molecule has 7 nitrogen and oxygen atoms in total. The number of carbonyl (C=O) groups excluding carboxylic acids is 2. The summed E-state index contributed by atoms with van der Waals surface area (Å²) in [5.41, 5.74) is 0.0519. The molecule has 1 aromatic rings. The Morgan fingerprint density at radius 2 is 2.11 bits per heavy atom. The van der Waals surface area contributed by atoms with E-state index in [4.69, 9.17) is 0 Å². The van der Waals surface area contributed by atoms with Gasteiger partial charge in [-0.25, -0.2) is 0 Å². The van der Waals surface area contributed by atoms with E-state index in [0.29, 0.717) is 12.2 Å². The van der Waals surface area contributed by atoms with Crippen LogP contribution in [0.25, 0.3) is 0 Å². The molecule has 1 spiro atoms. The lowest BCUT2D eigenvalue weighted by atomic mass is 9.93. The number of aromatic nitrogens is 3. The number of nitrogens with one attached hydrogen (secondary N) is 1. The average molecular weight is 263 g/mol. The van der Waals surface area contributed by atoms with Gasteiger partial charge in [0.05, 0.1) is 6.54 Å². The van der Waals surface area contributed by atoms with Crippen molar-refractivity contribution < 1.29 is 9.59 Å². The normalized spacial score (nSPS) is 22.1. The molecule has 1 saturated carbocycles. The quantitative estimate of drug-likeness (QED) is 0.786. The van der Waals surface area contributed by atoms with Gasteiger partial charge in [-0.2, -0.15) is 0 Å². The maximum Gasteiger partial charge on any atom is 0.249 e. The SMILES string of the molecule is Cn1cc(CN2CC(=O)NC3(CCCC3)C2=O)nn1. The third-order valence-electron chi connectivity index (χ3n) is 3.87. The highest BCUT2D eigenvalue weighted by atomic mass is 16.2. The third kappa shape index (κ3) is 2.09. The Morgan fingerprint density at radius 3 is 2.74 bits per heavy atom. The zero-order valence-corrected chi connectivity index (χ0v) is 10.9. The van der Waals surface area contributed by atoms with E-state index in [1.807, 2.05) is 0 Å². The Labute approximate surface area is 110 Å². The van der Waals surface area contributed by atoms with Crippen molar-refractivity contribution in [1.29, 1.82) is 0 Å². The van der Waals surface area contributed by atoms with Gasteiger partial charge in [-0.15, -0.1) is 5.10 Å². The minimum atomic E-state index is -0.655. The minimum absolute atomic E-state index is 0.0234. The summed E-state index contributed by atoms with van der Waals surface area (Å²) in [6.45, 7) is 0.457. The van der Waals surface area contributed by atoms with Crippen LogP contribution in [-0.4, -0.2) is 43.8 Å². The van der Waals surface area contributed by atoms with Crippen LogP contribution in [0.4, 0.5) is 0 Å². The molecular weight excluding hydrogens is 246 g/mol. The second-order valence-corrected chi connectivity index (χ2v) is 5.38. The van der Waals surface area contributed by atoms with Crippen LogP contribution in [-0.2, 0) is 23.2 Å². The molecule has 3 rings (SSSR count). The lowest BCUT2D eigenvalue weighted by Gasteiger charge is -2.39. The third-order valence-corrected chi connectivity index (χ3v) is 3.87. The van der Waals surface area contributed by atoms with Crippen LogP contribution >= 0.6 is 0 Å². The first kappa shape index (κ1) is 12.1. The maximum atomic E-state index is 12.6. The Kier molecular flexibility index (Phi) is 2.76. The lowest BCUT2D eigenvalue weighted by Crippen LogP contribution is -2.65. The number of nitrogens with zero attached hydrogens (tertiary/aromatic N) is 4. The first-order valence-electron chi connectivity index (χ1n) is 6.55. The Bertz CT molecular complexity index is 518. The van der Waals surface area contributed by atoms with Crippen LogP contribution in [0, 0.1) is 0 Å². The van der Waals surface area contributed by atoms with Gasteiger partial charge in [0.2, 0.25) is 11.8 Å². The zero-order valence-electron chi connectivity index (χ0n) is 10.9. The van der Waals surface area contributed by atoms with Crippen molar-refractivity contribution in [3.8, 4) is 0 Å². The van der Waals surface area contributed by atoms with Crippen molar-refractivity contribution in [1.82, 2.24) is 25.2 Å². The van der Waals surface area contributed by atoms with E-state index in [1.165, 1.54) is 0 Å². The van der Waals surface area contributed by atoms with Gasteiger partial charge in [0, 0.05) is 13.2 Å². The Hall–Kier alpha value is -1.92. The molecule has 7 heteroatoms. The molecule has 1 saturated heterocycles. The number of aryl methyl sites for hydroxylation is 1. The monoisotopic (exact) mass is 263 g/mol. The molecule has 19 heavy (non-hydrogen) atoms. The summed E-state index contributed by atoms with van der Waals surface area (Å²) in [6.07, 6.45) is 5.24. The zero-order chi connectivity index (χ0) is 13.5. The molecule has 0 atom stereocenters. The van der Waals surface area contributed by atoms with Crippen LogP contribution in [0.5, 0.6) is 0 Å². The van der Waals surface area contributed by atoms with Crippen LogP contribution in [0.2, 0.25) is 0 Å². The van der Waals surface area contributed by atoms with Gasteiger partial charge in [-0.1, -0.05) is 18.1 Å². The van der Waals surface area contributed by atoms with Crippen LogP contribution in [0.15, 0.2) is 6.20 Å². The lowest BCUT2D eigenvalue weighted by molar-refractivity contribution is -0.150. The summed E-state index contributed by atoms with van der Waals surface area (Å²) in [7, 11) is 1.78. The number of amides is 2. The van der Waals surface area contributed by atoms with Gasteiger partial charge in [0.15, 0.2) is 0 Å². The number of hydrogen-bond donors (Lipinski definition) is 1. The smallest absolute Gasteiger partial charge is 0.249 e. The second kappa shape index (κ2) is 4.32. The van der Waals surface area contributed by atoms with Crippen LogP contribution < -0.4 is 5.32 Å². The van der Waals surface area contributed by atoms with E-state index < -0.39 is 5.54 Å². The summed E-state index contributed by atoms with van der Waals surface area (Å²) in [5, 5.41) is 10.7. The average Bonchev–Trinajstić information content (AvgIpc) is 2.96. The van der Waals surface area contributed by atoms with Gasteiger partial charge < -0.3 is 10.2 Å². The first-order valence-corrected chi connectivity index (χ1v) is 6.55. The van der Waals surface area contributed by atoms with Gasteiger partial charge in [0.25, 0.3) is 0 Å². The standard InChI is InChI=1S/C12H17N5O2/c1-16-6-9(14-15-16)7-17-8-10(18)13-12(11(17)19)4-2-3-5-12/h6H,2-5,7-8H2,1H3,(H,13,18). The molecule has 0 aromatic carbocycles. The fourth-order valence-electron chi connectivity index (χ4n) is 3.02. The highest BCUT2D eigenvalue weighted by Crippen LogP contribution is 2.33. The van der Waals surface area contributed by atoms with E-state index in [1.54, 1.807) is 22.8 Å². The fraction of sp³-hybridized carbons (Fsp3) is 0.667. The Balaban J connectivity index is 1.80. The Morgan fingerprint density at radius 1 is 1.37 bits per heavy atom. The van der Waals surface area contributed by atoms with Crippen LogP contribution in [0.3, 0.4) is 0 Å². The highest BCUT2D eigenvalue weighted by molar-refractivity contribution is 5.98. The van der Waals surface area contributed by atoms with E-state index in [2.05, 4.69) is 15.6 Å². The number of hydrogen-bond acceptors (Lipinski definition) is 4. The van der Waals surface area contributed by atoms with Crippen molar-refractivity contribution in [2.24, 2.45) is 7.05 Å². The minimum Gasteiger partial charge on any atom is -0.340 e. The molecule has 1 aliphatic carbocycles. The molecule has 102 valence electrons. The summed E-state index contributed by atoms with van der Waals surface area (Å²) < 4.78 is 1.59. The molecule has 2 heterocycles. The molecule has 1 aromatic heterocycles. The summed E-state index contributed by atoms with van der Waals surface area (Å²) in [4.78, 5) is 26.0. The van der Waals surface area contributed by atoms with E-state index in [0.717, 1.165) is 25.7 Å². The number of piperazine rings is 1. The van der Waals surface area contributed by atoms with E-state index >= 15 is 0 Å². The van der Waals surface area contributed by atoms with E-state index in [9.17, 15) is 9.59 Å².